The van der Waals surface area contributed by atoms with Crippen LogP contribution >= 0.6 is 24.0 Å². The first-order valence-electron chi connectivity index (χ1n) is 12.2. The number of aryl methyl sites for hydroxylation is 1. The summed E-state index contributed by atoms with van der Waals surface area (Å²) in [5.41, 5.74) is 3.38. The van der Waals surface area contributed by atoms with Crippen LogP contribution in [-0.4, -0.2) is 41.5 Å². The molecule has 1 saturated heterocycles. The van der Waals surface area contributed by atoms with Crippen molar-refractivity contribution >= 4 is 62.8 Å². The minimum absolute atomic E-state index is 0.151. The number of carbonyl (C=O) groups excluding carboxylic acids is 2. The van der Waals surface area contributed by atoms with Crippen LogP contribution in [0.3, 0.4) is 0 Å². The highest BCUT2D eigenvalue weighted by atomic mass is 32.2. The smallest absolute Gasteiger partial charge is 0.295 e. The molecule has 2 aromatic carbocycles. The molecule has 1 fully saturated rings. The van der Waals surface area contributed by atoms with Crippen molar-refractivity contribution in [1.29, 1.82) is 0 Å². The number of amides is 2. The summed E-state index contributed by atoms with van der Waals surface area (Å²) in [6, 6.07) is 17.3. The molecular weight excluding hydrogens is 518 g/mol. The highest BCUT2D eigenvalue weighted by Gasteiger charge is 2.32. The van der Waals surface area contributed by atoms with Crippen molar-refractivity contribution in [1.82, 2.24) is 18.8 Å². The van der Waals surface area contributed by atoms with Crippen LogP contribution in [0.15, 0.2) is 70.5 Å². The van der Waals surface area contributed by atoms with Crippen molar-refractivity contribution in [3.63, 3.8) is 0 Å². The minimum Gasteiger partial charge on any atom is -0.350 e. The van der Waals surface area contributed by atoms with Crippen molar-refractivity contribution in [2.75, 3.05) is 11.9 Å². The second-order valence-corrected chi connectivity index (χ2v) is 10.8. The number of hydrogen-bond donors (Lipinski definition) is 1. The largest absolute Gasteiger partial charge is 0.350 e. The van der Waals surface area contributed by atoms with Gasteiger partial charge in [-0.2, -0.15) is 0 Å². The molecule has 5 rings (SSSR count). The maximum absolute atomic E-state index is 13.1. The molecule has 194 valence electrons. The van der Waals surface area contributed by atoms with Gasteiger partial charge in [0.1, 0.15) is 10.0 Å². The Labute approximate surface area is 229 Å². The zero-order chi connectivity index (χ0) is 27.0. The number of nitrogens with one attached hydrogen (secondary N) is 1. The third kappa shape index (κ3) is 4.72. The zero-order valence-corrected chi connectivity index (χ0v) is 22.9. The minimum atomic E-state index is -0.292. The number of benzene rings is 2. The highest BCUT2D eigenvalue weighted by Crippen LogP contribution is 2.34. The van der Waals surface area contributed by atoms with Crippen LogP contribution in [0.2, 0.25) is 0 Å². The number of fused-ring (bicyclic) bond motifs is 1. The van der Waals surface area contributed by atoms with Crippen LogP contribution in [-0.2, 0) is 23.7 Å². The lowest BCUT2D eigenvalue weighted by atomic mass is 10.1. The van der Waals surface area contributed by atoms with Gasteiger partial charge in [0.25, 0.3) is 11.5 Å². The predicted molar refractivity (Wildman–Crippen MR) is 156 cm³/mol. The van der Waals surface area contributed by atoms with E-state index in [0.29, 0.717) is 27.9 Å². The summed E-state index contributed by atoms with van der Waals surface area (Å²) < 4.78 is 5.75. The third-order valence-electron chi connectivity index (χ3n) is 6.69. The Balaban J connectivity index is 1.23. The Morgan fingerprint density at radius 3 is 2.53 bits per heavy atom. The number of rotatable bonds is 7. The molecule has 0 radical (unpaired) electrons. The molecule has 0 saturated carbocycles. The fourth-order valence-corrected chi connectivity index (χ4v) is 5.93. The molecule has 38 heavy (non-hydrogen) atoms. The molecule has 1 aliphatic rings. The van der Waals surface area contributed by atoms with Crippen molar-refractivity contribution < 1.29 is 9.59 Å². The number of hydrogen-bond acceptors (Lipinski definition) is 5. The van der Waals surface area contributed by atoms with Gasteiger partial charge < -0.3 is 9.88 Å². The van der Waals surface area contributed by atoms with Crippen molar-refractivity contribution in [2.45, 2.75) is 19.8 Å². The maximum Gasteiger partial charge on any atom is 0.295 e. The molecule has 0 spiro atoms. The molecule has 2 aromatic heterocycles. The monoisotopic (exact) mass is 545 g/mol. The number of para-hydroxylation sites is 2. The van der Waals surface area contributed by atoms with Crippen molar-refractivity contribution in [2.24, 2.45) is 14.1 Å². The standard InChI is InChI=1S/C28H27N5O3S2/c1-18-25(27(36)33(31(18)3)20-10-5-4-6-11-20)29-24(34)14-9-15-32-26(35)23(38-28(32)37)16-19-17-30(2)22-13-8-7-12-21(19)22/h4-8,10-13,16-17H,9,14-15H2,1-3H3,(H,29,34)/b23-16-. The van der Waals surface area contributed by atoms with E-state index in [9.17, 15) is 14.4 Å². The van der Waals surface area contributed by atoms with Gasteiger partial charge in [-0.3, -0.25) is 24.0 Å². The summed E-state index contributed by atoms with van der Waals surface area (Å²) in [5, 5.41) is 3.84. The molecule has 3 heterocycles. The van der Waals surface area contributed by atoms with Crippen LogP contribution in [0.25, 0.3) is 22.7 Å². The van der Waals surface area contributed by atoms with Gasteiger partial charge >= 0.3 is 0 Å². The number of nitrogens with zero attached hydrogens (tertiary/aromatic N) is 4. The average Bonchev–Trinajstić information content (AvgIpc) is 3.45. The van der Waals surface area contributed by atoms with Crippen molar-refractivity contribution in [3.8, 4) is 5.69 Å². The maximum atomic E-state index is 13.1. The van der Waals surface area contributed by atoms with E-state index in [1.807, 2.05) is 78.5 Å². The summed E-state index contributed by atoms with van der Waals surface area (Å²) in [5.74, 6) is -0.439. The van der Waals surface area contributed by atoms with Gasteiger partial charge in [-0.05, 0) is 37.6 Å². The molecule has 0 atom stereocenters. The Bertz CT molecular complexity index is 1660. The van der Waals surface area contributed by atoms with Crippen LogP contribution in [0, 0.1) is 6.92 Å². The normalized spacial score (nSPS) is 14.7. The molecule has 0 unspecified atom stereocenters. The molecule has 0 bridgehead atoms. The van der Waals surface area contributed by atoms with E-state index in [1.165, 1.54) is 16.4 Å². The van der Waals surface area contributed by atoms with Gasteiger partial charge in [0, 0.05) is 49.7 Å². The van der Waals surface area contributed by atoms with Gasteiger partial charge in [0.2, 0.25) is 5.91 Å². The summed E-state index contributed by atoms with van der Waals surface area (Å²) in [6.45, 7) is 2.12. The summed E-state index contributed by atoms with van der Waals surface area (Å²) in [4.78, 5) is 40.9. The molecule has 2 amide bonds. The van der Waals surface area contributed by atoms with Gasteiger partial charge in [-0.1, -0.05) is 60.4 Å². The number of thiocarbonyl (C=S) groups is 1. The van der Waals surface area contributed by atoms with Crippen molar-refractivity contribution in [3.05, 3.63) is 87.3 Å². The SMILES string of the molecule is Cc1c(NC(=O)CCCN2C(=O)/C(=C/c3cn(C)c4ccccc34)SC2=S)c(=O)n(-c2ccccc2)n1C. The van der Waals surface area contributed by atoms with E-state index in [4.69, 9.17) is 12.2 Å². The van der Waals surface area contributed by atoms with E-state index in [2.05, 4.69) is 5.32 Å². The third-order valence-corrected chi connectivity index (χ3v) is 8.07. The topological polar surface area (TPSA) is 81.3 Å². The lowest BCUT2D eigenvalue weighted by Crippen LogP contribution is -2.30. The number of carbonyl (C=O) groups is 2. The molecular formula is C28H27N5O3S2. The molecule has 10 heteroatoms. The number of thioether (sulfide) groups is 1. The molecule has 8 nitrogen and oxygen atoms in total. The van der Waals surface area contributed by atoms with Gasteiger partial charge in [0.05, 0.1) is 16.3 Å². The number of aromatic nitrogens is 3. The summed E-state index contributed by atoms with van der Waals surface area (Å²) in [6.07, 6.45) is 4.44. The first-order valence-corrected chi connectivity index (χ1v) is 13.4. The van der Waals surface area contributed by atoms with Crippen LogP contribution < -0.4 is 10.9 Å². The molecule has 4 aromatic rings. The van der Waals surface area contributed by atoms with E-state index in [1.54, 1.807) is 23.6 Å². The summed E-state index contributed by atoms with van der Waals surface area (Å²) >= 11 is 6.74. The fraction of sp³-hybridized carbons (Fsp3) is 0.214. The first kappa shape index (κ1) is 25.7. The Morgan fingerprint density at radius 1 is 1.05 bits per heavy atom. The van der Waals surface area contributed by atoms with Gasteiger partial charge in [0.15, 0.2) is 0 Å². The van der Waals surface area contributed by atoms with E-state index in [0.717, 1.165) is 22.2 Å². The highest BCUT2D eigenvalue weighted by molar-refractivity contribution is 8.26. The van der Waals surface area contributed by atoms with Gasteiger partial charge in [-0.25, -0.2) is 4.68 Å². The molecule has 1 aliphatic heterocycles. The number of anilines is 1. The molecule has 0 aliphatic carbocycles. The molecule has 1 N–H and O–H groups in total. The Kier molecular flexibility index (Phi) is 7.09. The van der Waals surface area contributed by atoms with E-state index in [-0.39, 0.29) is 29.5 Å². The lowest BCUT2D eigenvalue weighted by molar-refractivity contribution is -0.122. The fourth-order valence-electron chi connectivity index (χ4n) is 4.63. The predicted octanol–water partition coefficient (Wildman–Crippen LogP) is 4.60. The van der Waals surface area contributed by atoms with Crippen LogP contribution in [0.4, 0.5) is 5.69 Å². The van der Waals surface area contributed by atoms with Crippen LogP contribution in [0.1, 0.15) is 24.1 Å². The first-order chi connectivity index (χ1) is 18.3. The Hall–Kier alpha value is -3.89. The van der Waals surface area contributed by atoms with Crippen LogP contribution in [0.5, 0.6) is 0 Å². The Morgan fingerprint density at radius 2 is 1.76 bits per heavy atom. The second-order valence-electron chi connectivity index (χ2n) is 9.13. The second kappa shape index (κ2) is 10.5. The zero-order valence-electron chi connectivity index (χ0n) is 21.3. The summed E-state index contributed by atoms with van der Waals surface area (Å²) in [7, 11) is 3.75. The van der Waals surface area contributed by atoms with Gasteiger partial charge in [-0.15, -0.1) is 0 Å². The van der Waals surface area contributed by atoms with E-state index < -0.39 is 0 Å². The quantitative estimate of drug-likeness (QED) is 0.271. The van der Waals surface area contributed by atoms with E-state index >= 15 is 0 Å². The average molecular weight is 546 g/mol. The lowest BCUT2D eigenvalue weighted by Gasteiger charge is -2.14.